The molecule has 2 atom stereocenters. The molecule has 1 aliphatic heterocycles. The number of likely N-dealkylation sites (tertiary alicyclic amines) is 1. The Kier molecular flexibility index (Phi) is 7.93. The Balaban J connectivity index is 1.70. The number of ether oxygens (including phenoxy) is 1. The van der Waals surface area contributed by atoms with Crippen LogP contribution in [0.4, 0.5) is 0 Å². The Labute approximate surface area is 170 Å². The fourth-order valence-electron chi connectivity index (χ4n) is 4.08. The Morgan fingerprint density at radius 3 is 2.21 bits per heavy atom. The molecular weight excluding hydrogens is 346 g/mol. The van der Waals surface area contributed by atoms with Crippen LogP contribution in [0.15, 0.2) is 54.6 Å². The molecule has 28 heavy (non-hydrogen) atoms. The fourth-order valence-corrected chi connectivity index (χ4v) is 4.08. The molecule has 0 spiro atoms. The predicted octanol–water partition coefficient (Wildman–Crippen LogP) is 4.00. The number of aliphatic hydroxyl groups excluding tert-OH is 1. The number of hydrogen-bond acceptors (Lipinski definition) is 2. The highest BCUT2D eigenvalue weighted by Crippen LogP contribution is 2.31. The van der Waals surface area contributed by atoms with E-state index in [0.29, 0.717) is 5.92 Å². The Morgan fingerprint density at radius 1 is 0.893 bits per heavy atom. The highest BCUT2D eigenvalue weighted by molar-refractivity contribution is 5.31. The van der Waals surface area contributed by atoms with Crippen molar-refractivity contribution in [3.63, 3.8) is 0 Å². The summed E-state index contributed by atoms with van der Waals surface area (Å²) in [5, 5.41) is 11.2. The van der Waals surface area contributed by atoms with Crippen LogP contribution in [-0.4, -0.2) is 31.3 Å². The molecule has 0 radical (unpaired) electrons. The van der Waals surface area contributed by atoms with Crippen molar-refractivity contribution >= 4 is 0 Å². The van der Waals surface area contributed by atoms with E-state index in [1.807, 2.05) is 30.3 Å². The Bertz CT molecular complexity index is 677. The molecule has 0 aromatic heterocycles. The molecule has 3 nitrogen and oxygen atoms in total. The van der Waals surface area contributed by atoms with Crippen molar-refractivity contribution < 1.29 is 14.7 Å². The average Bonchev–Trinajstić information content (AvgIpc) is 2.73. The summed E-state index contributed by atoms with van der Waals surface area (Å²) in [7, 11) is 0. The molecule has 2 N–H and O–H groups in total. The minimum Gasteiger partial charge on any atom is -0.494 e. The van der Waals surface area contributed by atoms with Crippen LogP contribution in [0.3, 0.4) is 0 Å². The Morgan fingerprint density at radius 2 is 1.57 bits per heavy atom. The lowest BCUT2D eigenvalue weighted by atomic mass is 9.88. The van der Waals surface area contributed by atoms with Gasteiger partial charge >= 0.3 is 0 Å². The van der Waals surface area contributed by atoms with Gasteiger partial charge in [-0.25, -0.2) is 0 Å². The van der Waals surface area contributed by atoms with Gasteiger partial charge in [0.1, 0.15) is 5.75 Å². The SMILES string of the molecule is CC(C)CCOc1ccc([C@@H](O)[C@@H](C[NH+]2CCCCC2)c2ccccc2)cc1. The van der Waals surface area contributed by atoms with E-state index >= 15 is 0 Å². The summed E-state index contributed by atoms with van der Waals surface area (Å²) in [6.07, 6.45) is 4.51. The molecule has 0 saturated carbocycles. The van der Waals surface area contributed by atoms with Gasteiger partial charge in [0.05, 0.1) is 38.3 Å². The molecular formula is C25H36NO2+. The fraction of sp³-hybridized carbons (Fsp3) is 0.520. The first-order valence-electron chi connectivity index (χ1n) is 10.9. The van der Waals surface area contributed by atoms with Gasteiger partial charge in [-0.2, -0.15) is 0 Å². The number of rotatable bonds is 9. The van der Waals surface area contributed by atoms with Crippen LogP contribution in [0.25, 0.3) is 0 Å². The number of hydrogen-bond donors (Lipinski definition) is 2. The minimum absolute atomic E-state index is 0.113. The summed E-state index contributed by atoms with van der Waals surface area (Å²) in [6.45, 7) is 8.58. The van der Waals surface area contributed by atoms with E-state index in [4.69, 9.17) is 4.74 Å². The molecule has 3 rings (SSSR count). The van der Waals surface area contributed by atoms with E-state index in [9.17, 15) is 5.11 Å². The molecule has 0 unspecified atom stereocenters. The summed E-state index contributed by atoms with van der Waals surface area (Å²) in [5.74, 6) is 1.64. The number of benzene rings is 2. The van der Waals surface area contributed by atoms with Gasteiger partial charge in [-0.1, -0.05) is 56.3 Å². The van der Waals surface area contributed by atoms with Crippen LogP contribution in [0.1, 0.15) is 62.7 Å². The van der Waals surface area contributed by atoms with Crippen LogP contribution in [0.2, 0.25) is 0 Å². The van der Waals surface area contributed by atoms with Gasteiger partial charge in [0.25, 0.3) is 0 Å². The Hall–Kier alpha value is -1.84. The number of piperidine rings is 1. The van der Waals surface area contributed by atoms with E-state index in [0.717, 1.165) is 30.9 Å². The molecule has 1 aliphatic rings. The monoisotopic (exact) mass is 382 g/mol. The van der Waals surface area contributed by atoms with Gasteiger partial charge in [-0.05, 0) is 54.9 Å². The van der Waals surface area contributed by atoms with Crippen molar-refractivity contribution in [1.82, 2.24) is 0 Å². The maximum Gasteiger partial charge on any atom is 0.119 e. The topological polar surface area (TPSA) is 33.9 Å². The van der Waals surface area contributed by atoms with Gasteiger partial charge in [0.15, 0.2) is 0 Å². The lowest BCUT2D eigenvalue weighted by Crippen LogP contribution is -3.13. The summed E-state index contributed by atoms with van der Waals surface area (Å²) < 4.78 is 5.83. The summed E-state index contributed by atoms with van der Waals surface area (Å²) in [6, 6.07) is 18.5. The molecule has 0 bridgehead atoms. The van der Waals surface area contributed by atoms with E-state index in [1.165, 1.54) is 37.9 Å². The van der Waals surface area contributed by atoms with Crippen molar-refractivity contribution in [2.24, 2.45) is 5.92 Å². The molecule has 1 heterocycles. The van der Waals surface area contributed by atoms with E-state index < -0.39 is 6.10 Å². The van der Waals surface area contributed by atoms with E-state index in [-0.39, 0.29) is 5.92 Å². The molecule has 1 fully saturated rings. The standard InChI is InChI=1S/C25H35NO2/c1-20(2)15-18-28-23-13-11-22(12-14-23)25(27)24(21-9-5-3-6-10-21)19-26-16-7-4-8-17-26/h3,5-6,9-14,20,24-25,27H,4,7-8,15-19H2,1-2H3/p+1/t24-,25+/m0/s1. The first kappa shape index (κ1) is 20.9. The zero-order valence-corrected chi connectivity index (χ0v) is 17.4. The zero-order valence-electron chi connectivity index (χ0n) is 17.4. The second kappa shape index (κ2) is 10.6. The predicted molar refractivity (Wildman–Crippen MR) is 115 cm³/mol. The molecule has 2 aromatic rings. The molecule has 2 aromatic carbocycles. The maximum atomic E-state index is 11.2. The van der Waals surface area contributed by atoms with Gasteiger partial charge in [-0.15, -0.1) is 0 Å². The highest BCUT2D eigenvalue weighted by Gasteiger charge is 2.28. The molecule has 152 valence electrons. The summed E-state index contributed by atoms with van der Waals surface area (Å²) in [5.41, 5.74) is 2.20. The second-order valence-corrected chi connectivity index (χ2v) is 8.58. The maximum absolute atomic E-state index is 11.2. The van der Waals surface area contributed by atoms with Crippen LogP contribution < -0.4 is 9.64 Å². The van der Waals surface area contributed by atoms with Gasteiger partial charge in [-0.3, -0.25) is 0 Å². The molecule has 0 amide bonds. The third-order valence-corrected chi connectivity index (χ3v) is 5.86. The van der Waals surface area contributed by atoms with Crippen LogP contribution in [0, 0.1) is 5.92 Å². The summed E-state index contributed by atoms with van der Waals surface area (Å²) in [4.78, 5) is 1.62. The van der Waals surface area contributed by atoms with Crippen LogP contribution in [0.5, 0.6) is 5.75 Å². The largest absolute Gasteiger partial charge is 0.494 e. The van der Waals surface area contributed by atoms with Gasteiger partial charge < -0.3 is 14.7 Å². The summed E-state index contributed by atoms with van der Waals surface area (Å²) >= 11 is 0. The zero-order chi connectivity index (χ0) is 19.8. The number of nitrogens with one attached hydrogen (secondary N) is 1. The molecule has 0 aliphatic carbocycles. The first-order valence-corrected chi connectivity index (χ1v) is 10.9. The molecule has 3 heteroatoms. The number of aliphatic hydroxyl groups is 1. The third kappa shape index (κ3) is 6.08. The van der Waals surface area contributed by atoms with Crippen molar-refractivity contribution in [3.8, 4) is 5.75 Å². The number of quaternary nitrogens is 1. The van der Waals surface area contributed by atoms with Gasteiger partial charge in [0, 0.05) is 0 Å². The highest BCUT2D eigenvalue weighted by atomic mass is 16.5. The lowest BCUT2D eigenvalue weighted by molar-refractivity contribution is -0.906. The van der Waals surface area contributed by atoms with E-state index in [1.54, 1.807) is 4.90 Å². The van der Waals surface area contributed by atoms with Crippen molar-refractivity contribution in [3.05, 3.63) is 65.7 Å². The van der Waals surface area contributed by atoms with Crippen LogP contribution in [-0.2, 0) is 0 Å². The van der Waals surface area contributed by atoms with Crippen molar-refractivity contribution in [2.45, 2.75) is 51.6 Å². The quantitative estimate of drug-likeness (QED) is 0.687. The normalized spacial score (nSPS) is 17.4. The van der Waals surface area contributed by atoms with Crippen molar-refractivity contribution in [2.75, 3.05) is 26.2 Å². The van der Waals surface area contributed by atoms with Crippen molar-refractivity contribution in [1.29, 1.82) is 0 Å². The lowest BCUT2D eigenvalue weighted by Gasteiger charge is -2.30. The smallest absolute Gasteiger partial charge is 0.119 e. The first-order chi connectivity index (χ1) is 13.6. The van der Waals surface area contributed by atoms with Gasteiger partial charge in [0.2, 0.25) is 0 Å². The molecule has 1 saturated heterocycles. The average molecular weight is 383 g/mol. The van der Waals surface area contributed by atoms with Crippen LogP contribution >= 0.6 is 0 Å². The second-order valence-electron chi connectivity index (χ2n) is 8.58. The third-order valence-electron chi connectivity index (χ3n) is 5.86. The minimum atomic E-state index is -0.499. The van der Waals surface area contributed by atoms with E-state index in [2.05, 4.69) is 38.1 Å².